The average Bonchev–Trinajstić information content (AvgIpc) is 2.82. The molecule has 3 heterocycles. The molecule has 24 heavy (non-hydrogen) atoms. The molecule has 0 unspecified atom stereocenters. The Bertz CT molecular complexity index is 588. The lowest BCUT2D eigenvalue weighted by Gasteiger charge is -2.32. The van der Waals surface area contributed by atoms with Gasteiger partial charge in [0.1, 0.15) is 0 Å². The third-order valence-corrected chi connectivity index (χ3v) is 5.26. The molecule has 2 atom stereocenters. The van der Waals surface area contributed by atoms with Crippen LogP contribution in [0.5, 0.6) is 0 Å². The summed E-state index contributed by atoms with van der Waals surface area (Å²) in [7, 11) is 0. The zero-order valence-corrected chi connectivity index (χ0v) is 14.6. The fraction of sp³-hybridized carbons (Fsp3) is 0.632. The van der Waals surface area contributed by atoms with Gasteiger partial charge in [-0.05, 0) is 44.4 Å². The maximum Gasteiger partial charge on any atom is 0.228 e. The van der Waals surface area contributed by atoms with Gasteiger partial charge in [-0.1, -0.05) is 12.8 Å². The van der Waals surface area contributed by atoms with E-state index in [0.717, 1.165) is 37.8 Å². The molecular formula is C19H27N3O2. The Hall–Kier alpha value is -1.91. The van der Waals surface area contributed by atoms with Crippen molar-refractivity contribution >= 4 is 11.8 Å². The van der Waals surface area contributed by atoms with E-state index in [9.17, 15) is 9.59 Å². The van der Waals surface area contributed by atoms with Crippen molar-refractivity contribution in [2.24, 2.45) is 5.92 Å². The van der Waals surface area contributed by atoms with Gasteiger partial charge in [0.15, 0.2) is 0 Å². The normalized spacial score (nSPS) is 25.2. The van der Waals surface area contributed by atoms with Crippen LogP contribution in [0.1, 0.15) is 57.6 Å². The summed E-state index contributed by atoms with van der Waals surface area (Å²) in [4.78, 5) is 33.3. The van der Waals surface area contributed by atoms with E-state index < -0.39 is 0 Å². The van der Waals surface area contributed by atoms with Crippen molar-refractivity contribution < 1.29 is 9.59 Å². The molecule has 0 N–H and O–H groups in total. The van der Waals surface area contributed by atoms with Crippen molar-refractivity contribution in [1.82, 2.24) is 14.8 Å². The fourth-order valence-corrected chi connectivity index (χ4v) is 3.93. The number of carbonyl (C=O) groups is 2. The second-order valence-electron chi connectivity index (χ2n) is 7.22. The Kier molecular flexibility index (Phi) is 5.17. The maximum absolute atomic E-state index is 13.2. The van der Waals surface area contributed by atoms with Gasteiger partial charge in [-0.25, -0.2) is 0 Å². The number of rotatable bonds is 3. The summed E-state index contributed by atoms with van der Waals surface area (Å²) in [6, 6.07) is 4.30. The zero-order valence-electron chi connectivity index (χ0n) is 14.6. The molecule has 1 aromatic rings. The average molecular weight is 329 g/mol. The molecule has 2 fully saturated rings. The van der Waals surface area contributed by atoms with Crippen LogP contribution in [0.15, 0.2) is 24.5 Å². The van der Waals surface area contributed by atoms with Gasteiger partial charge in [-0.2, -0.15) is 0 Å². The van der Waals surface area contributed by atoms with Gasteiger partial charge in [0, 0.05) is 37.9 Å². The number of hydrogen-bond acceptors (Lipinski definition) is 3. The molecule has 130 valence electrons. The molecule has 0 bridgehead atoms. The third-order valence-electron chi connectivity index (χ3n) is 5.26. The number of nitrogens with zero attached hydrogens (tertiary/aromatic N) is 3. The number of likely N-dealkylation sites (tertiary alicyclic amines) is 2. The number of pyridine rings is 1. The van der Waals surface area contributed by atoms with Crippen LogP contribution in [-0.4, -0.2) is 45.7 Å². The number of aromatic nitrogens is 1. The minimum Gasteiger partial charge on any atom is -0.339 e. The van der Waals surface area contributed by atoms with E-state index in [1.807, 2.05) is 35.8 Å². The smallest absolute Gasteiger partial charge is 0.228 e. The molecule has 0 saturated carbocycles. The first-order valence-electron chi connectivity index (χ1n) is 9.08. The van der Waals surface area contributed by atoms with Crippen LogP contribution in [0.4, 0.5) is 0 Å². The van der Waals surface area contributed by atoms with Gasteiger partial charge in [-0.3, -0.25) is 14.6 Å². The number of amides is 2. The van der Waals surface area contributed by atoms with Crippen LogP contribution in [-0.2, 0) is 9.59 Å². The summed E-state index contributed by atoms with van der Waals surface area (Å²) in [5, 5.41) is 0. The van der Waals surface area contributed by atoms with Gasteiger partial charge in [-0.15, -0.1) is 0 Å². The third kappa shape index (κ3) is 3.45. The summed E-state index contributed by atoms with van der Waals surface area (Å²) in [6.45, 7) is 5.38. The van der Waals surface area contributed by atoms with Crippen molar-refractivity contribution in [2.75, 3.05) is 13.1 Å². The molecule has 0 aliphatic carbocycles. The van der Waals surface area contributed by atoms with Gasteiger partial charge in [0.25, 0.3) is 0 Å². The van der Waals surface area contributed by atoms with Crippen molar-refractivity contribution in [3.8, 4) is 0 Å². The van der Waals surface area contributed by atoms with Crippen molar-refractivity contribution in [3.63, 3.8) is 0 Å². The first kappa shape index (κ1) is 16.9. The summed E-state index contributed by atoms with van der Waals surface area (Å²) >= 11 is 0. The SMILES string of the molecule is CC(C)N1C[C@H](C(=O)N2CCCCC[C@@H]2c2ccncc2)CC1=O. The monoisotopic (exact) mass is 329 g/mol. The van der Waals surface area contributed by atoms with E-state index in [2.05, 4.69) is 4.98 Å². The van der Waals surface area contributed by atoms with E-state index in [1.54, 1.807) is 12.4 Å². The molecule has 0 radical (unpaired) electrons. The van der Waals surface area contributed by atoms with E-state index in [4.69, 9.17) is 0 Å². The lowest BCUT2D eigenvalue weighted by molar-refractivity contribution is -0.138. The standard InChI is InChI=1S/C19H27N3O2/c1-14(2)22-13-16(12-18(22)23)19(24)21-11-5-3-4-6-17(21)15-7-9-20-10-8-15/h7-10,14,16-17H,3-6,11-13H2,1-2H3/t16-,17-/m1/s1. The van der Waals surface area contributed by atoms with Crippen molar-refractivity contribution in [2.45, 2.75) is 58.0 Å². The highest BCUT2D eigenvalue weighted by molar-refractivity contribution is 5.89. The van der Waals surface area contributed by atoms with E-state index in [-0.39, 0.29) is 29.8 Å². The highest BCUT2D eigenvalue weighted by Gasteiger charge is 2.39. The minimum absolute atomic E-state index is 0.110. The predicted molar refractivity (Wildman–Crippen MR) is 92.1 cm³/mol. The van der Waals surface area contributed by atoms with E-state index in [1.165, 1.54) is 0 Å². The highest BCUT2D eigenvalue weighted by atomic mass is 16.2. The fourth-order valence-electron chi connectivity index (χ4n) is 3.93. The summed E-state index contributed by atoms with van der Waals surface area (Å²) in [6.07, 6.45) is 8.28. The van der Waals surface area contributed by atoms with Crippen LogP contribution in [0, 0.1) is 5.92 Å². The Morgan fingerprint density at radius 1 is 1.21 bits per heavy atom. The lowest BCUT2D eigenvalue weighted by atomic mass is 9.99. The first-order chi connectivity index (χ1) is 11.6. The van der Waals surface area contributed by atoms with Crippen LogP contribution in [0.3, 0.4) is 0 Å². The number of hydrogen-bond donors (Lipinski definition) is 0. The van der Waals surface area contributed by atoms with Crippen molar-refractivity contribution in [1.29, 1.82) is 0 Å². The molecule has 5 nitrogen and oxygen atoms in total. The lowest BCUT2D eigenvalue weighted by Crippen LogP contribution is -2.40. The molecule has 0 aromatic carbocycles. The highest BCUT2D eigenvalue weighted by Crippen LogP contribution is 2.33. The molecule has 2 aliphatic rings. The van der Waals surface area contributed by atoms with Gasteiger partial charge >= 0.3 is 0 Å². The predicted octanol–water partition coefficient (Wildman–Crippen LogP) is 2.78. The molecule has 5 heteroatoms. The first-order valence-corrected chi connectivity index (χ1v) is 9.08. The number of carbonyl (C=O) groups excluding carboxylic acids is 2. The van der Waals surface area contributed by atoms with E-state index >= 15 is 0 Å². The largest absolute Gasteiger partial charge is 0.339 e. The zero-order chi connectivity index (χ0) is 17.1. The quantitative estimate of drug-likeness (QED) is 0.857. The summed E-state index contributed by atoms with van der Waals surface area (Å²) in [5.74, 6) is 0.0659. The van der Waals surface area contributed by atoms with E-state index in [0.29, 0.717) is 13.0 Å². The summed E-state index contributed by atoms with van der Waals surface area (Å²) < 4.78 is 0. The van der Waals surface area contributed by atoms with Gasteiger partial charge < -0.3 is 9.80 Å². The molecule has 2 amide bonds. The minimum atomic E-state index is -0.192. The Labute approximate surface area is 144 Å². The second kappa shape index (κ2) is 7.32. The van der Waals surface area contributed by atoms with Crippen molar-refractivity contribution in [3.05, 3.63) is 30.1 Å². The molecule has 1 aromatic heterocycles. The van der Waals surface area contributed by atoms with Gasteiger partial charge in [0.05, 0.1) is 12.0 Å². The summed E-state index contributed by atoms with van der Waals surface area (Å²) in [5.41, 5.74) is 1.16. The van der Waals surface area contributed by atoms with Crippen LogP contribution >= 0.6 is 0 Å². The van der Waals surface area contributed by atoms with Gasteiger partial charge in [0.2, 0.25) is 11.8 Å². The Morgan fingerprint density at radius 3 is 2.62 bits per heavy atom. The molecule has 3 rings (SSSR count). The second-order valence-corrected chi connectivity index (χ2v) is 7.22. The molecule has 2 aliphatic heterocycles. The topological polar surface area (TPSA) is 53.5 Å². The molecule has 0 spiro atoms. The van der Waals surface area contributed by atoms with Crippen LogP contribution in [0.2, 0.25) is 0 Å². The molecular weight excluding hydrogens is 302 g/mol. The Balaban J connectivity index is 1.79. The maximum atomic E-state index is 13.2. The van der Waals surface area contributed by atoms with Crippen LogP contribution < -0.4 is 0 Å². The van der Waals surface area contributed by atoms with Crippen LogP contribution in [0.25, 0.3) is 0 Å². The molecule has 2 saturated heterocycles. The Morgan fingerprint density at radius 2 is 1.96 bits per heavy atom.